The molecule has 0 unspecified atom stereocenters. The van der Waals surface area contributed by atoms with Crippen LogP contribution in [0.2, 0.25) is 0 Å². The van der Waals surface area contributed by atoms with Crippen LogP contribution in [0.15, 0.2) is 43.0 Å². The van der Waals surface area contributed by atoms with Crippen molar-refractivity contribution in [3.63, 3.8) is 0 Å². The van der Waals surface area contributed by atoms with Crippen molar-refractivity contribution in [2.45, 2.75) is 43.3 Å². The highest BCUT2D eigenvalue weighted by Gasteiger charge is 2.43. The first-order valence-electron chi connectivity index (χ1n) is 11.7. The van der Waals surface area contributed by atoms with Gasteiger partial charge in [-0.3, -0.25) is 14.5 Å². The van der Waals surface area contributed by atoms with Gasteiger partial charge in [0.1, 0.15) is 5.82 Å². The molecule has 1 aliphatic carbocycles. The summed E-state index contributed by atoms with van der Waals surface area (Å²) >= 11 is 3.52. The molecule has 3 aromatic rings. The fourth-order valence-corrected chi connectivity index (χ4v) is 5.81. The second kappa shape index (κ2) is 10.8. The summed E-state index contributed by atoms with van der Waals surface area (Å²) in [6.07, 6.45) is 10.5. The van der Waals surface area contributed by atoms with Crippen molar-refractivity contribution < 1.29 is 9.53 Å². The molecule has 35 heavy (non-hydrogen) atoms. The highest BCUT2D eigenvalue weighted by atomic mass is 32.2. The minimum absolute atomic E-state index is 0.0873. The number of rotatable bonds is 9. The number of carbonyl (C=O) groups excluding carboxylic acids is 1. The van der Waals surface area contributed by atoms with Crippen molar-refractivity contribution in [1.29, 1.82) is 0 Å². The predicted octanol–water partition coefficient (Wildman–Crippen LogP) is 4.35. The van der Waals surface area contributed by atoms with Gasteiger partial charge in [-0.1, -0.05) is 0 Å². The SMILES string of the molecule is CCOc1cncc(-c2ccc(NC(=O)C3(c4ccnc(NSC5CC5)n4)CCSCC3)nc2)n1. The number of ether oxygens (including phenoxy) is 1. The molecule has 0 atom stereocenters. The third kappa shape index (κ3) is 5.67. The summed E-state index contributed by atoms with van der Waals surface area (Å²) in [7, 11) is 0. The number of thioether (sulfide) groups is 1. The molecule has 2 fully saturated rings. The number of aromatic nitrogens is 5. The maximum absolute atomic E-state index is 13.7. The maximum Gasteiger partial charge on any atom is 0.237 e. The lowest BCUT2D eigenvalue weighted by atomic mass is 9.77. The van der Waals surface area contributed by atoms with Crippen molar-refractivity contribution in [3.8, 4) is 17.1 Å². The van der Waals surface area contributed by atoms with Crippen LogP contribution in [-0.2, 0) is 10.2 Å². The molecule has 182 valence electrons. The molecule has 1 amide bonds. The Morgan fingerprint density at radius 2 is 2.00 bits per heavy atom. The summed E-state index contributed by atoms with van der Waals surface area (Å²) in [4.78, 5) is 35.9. The van der Waals surface area contributed by atoms with Crippen molar-refractivity contribution in [2.24, 2.45) is 0 Å². The van der Waals surface area contributed by atoms with E-state index in [1.807, 2.05) is 30.8 Å². The molecule has 9 nitrogen and oxygen atoms in total. The lowest BCUT2D eigenvalue weighted by Gasteiger charge is -2.35. The minimum Gasteiger partial charge on any atom is -0.477 e. The third-order valence-electron chi connectivity index (χ3n) is 5.97. The summed E-state index contributed by atoms with van der Waals surface area (Å²) in [6, 6.07) is 5.52. The van der Waals surface area contributed by atoms with Gasteiger partial charge in [0.2, 0.25) is 17.7 Å². The summed E-state index contributed by atoms with van der Waals surface area (Å²) in [5.74, 6) is 3.23. The number of hydrogen-bond acceptors (Lipinski definition) is 10. The molecule has 0 aromatic carbocycles. The van der Waals surface area contributed by atoms with Crippen molar-refractivity contribution in [1.82, 2.24) is 24.9 Å². The van der Waals surface area contributed by atoms with E-state index in [9.17, 15) is 4.79 Å². The Morgan fingerprint density at radius 1 is 1.14 bits per heavy atom. The van der Waals surface area contributed by atoms with Gasteiger partial charge in [0, 0.05) is 23.2 Å². The summed E-state index contributed by atoms with van der Waals surface area (Å²) in [5, 5.41) is 3.67. The van der Waals surface area contributed by atoms with E-state index in [-0.39, 0.29) is 5.91 Å². The number of anilines is 2. The molecule has 2 aliphatic rings. The van der Waals surface area contributed by atoms with E-state index in [0.717, 1.165) is 22.8 Å². The zero-order valence-corrected chi connectivity index (χ0v) is 21.1. The van der Waals surface area contributed by atoms with Gasteiger partial charge in [0.15, 0.2) is 0 Å². The largest absolute Gasteiger partial charge is 0.477 e. The van der Waals surface area contributed by atoms with E-state index in [0.29, 0.717) is 48.0 Å². The molecule has 1 aliphatic heterocycles. The van der Waals surface area contributed by atoms with Gasteiger partial charge in [-0.2, -0.15) is 11.8 Å². The van der Waals surface area contributed by atoms with E-state index in [1.165, 1.54) is 12.8 Å². The Morgan fingerprint density at radius 3 is 2.74 bits per heavy atom. The number of carbonyl (C=O) groups is 1. The Labute approximate surface area is 212 Å². The van der Waals surface area contributed by atoms with Gasteiger partial charge in [0.25, 0.3) is 0 Å². The summed E-state index contributed by atoms with van der Waals surface area (Å²) in [6.45, 7) is 2.42. The second-order valence-electron chi connectivity index (χ2n) is 8.44. The maximum atomic E-state index is 13.7. The van der Waals surface area contributed by atoms with Crippen LogP contribution >= 0.6 is 23.7 Å². The van der Waals surface area contributed by atoms with Crippen LogP contribution in [0.4, 0.5) is 11.8 Å². The molecule has 0 radical (unpaired) electrons. The van der Waals surface area contributed by atoms with Gasteiger partial charge < -0.3 is 10.1 Å². The van der Waals surface area contributed by atoms with Gasteiger partial charge in [-0.25, -0.2) is 19.9 Å². The molecule has 0 spiro atoms. The summed E-state index contributed by atoms with van der Waals surface area (Å²) in [5.41, 5.74) is 1.49. The second-order valence-corrected chi connectivity index (χ2v) is 10.8. The van der Waals surface area contributed by atoms with E-state index in [4.69, 9.17) is 9.72 Å². The Bertz CT molecular complexity index is 1170. The van der Waals surface area contributed by atoms with E-state index < -0.39 is 5.41 Å². The Hall–Kier alpha value is -2.92. The molecular weight excluding hydrogens is 482 g/mol. The first-order valence-corrected chi connectivity index (χ1v) is 13.8. The minimum atomic E-state index is -0.716. The number of nitrogens with zero attached hydrogens (tertiary/aromatic N) is 5. The smallest absolute Gasteiger partial charge is 0.237 e. The number of hydrogen-bond donors (Lipinski definition) is 2. The average molecular weight is 510 g/mol. The van der Waals surface area contributed by atoms with Crippen LogP contribution in [0.1, 0.15) is 38.3 Å². The normalized spacial score (nSPS) is 16.9. The van der Waals surface area contributed by atoms with E-state index >= 15 is 0 Å². The van der Waals surface area contributed by atoms with Crippen molar-refractivity contribution in [3.05, 3.63) is 48.7 Å². The van der Waals surface area contributed by atoms with Crippen LogP contribution < -0.4 is 14.8 Å². The highest BCUT2D eigenvalue weighted by molar-refractivity contribution is 8.01. The quantitative estimate of drug-likeness (QED) is 0.403. The first kappa shape index (κ1) is 23.8. The first-order chi connectivity index (χ1) is 17.2. The van der Waals surface area contributed by atoms with Crippen LogP contribution in [0.25, 0.3) is 11.3 Å². The average Bonchev–Trinajstić information content (AvgIpc) is 3.74. The summed E-state index contributed by atoms with van der Waals surface area (Å²) < 4.78 is 8.68. The molecule has 1 saturated carbocycles. The van der Waals surface area contributed by atoms with Crippen LogP contribution in [0.3, 0.4) is 0 Å². The topological polar surface area (TPSA) is 115 Å². The molecule has 1 saturated heterocycles. The zero-order valence-electron chi connectivity index (χ0n) is 19.4. The van der Waals surface area contributed by atoms with Gasteiger partial charge >= 0.3 is 0 Å². The van der Waals surface area contributed by atoms with Crippen LogP contribution in [-0.4, -0.2) is 54.2 Å². The van der Waals surface area contributed by atoms with Gasteiger partial charge in [-0.05, 0) is 74.3 Å². The molecule has 2 N–H and O–H groups in total. The van der Waals surface area contributed by atoms with Crippen LogP contribution in [0, 0.1) is 0 Å². The predicted molar refractivity (Wildman–Crippen MR) is 140 cm³/mol. The molecule has 5 rings (SSSR count). The fraction of sp³-hybridized carbons (Fsp3) is 0.417. The number of nitrogens with one attached hydrogen (secondary N) is 2. The molecule has 3 aromatic heterocycles. The monoisotopic (exact) mass is 509 g/mol. The fourth-order valence-electron chi connectivity index (χ4n) is 3.88. The Balaban J connectivity index is 1.33. The van der Waals surface area contributed by atoms with Gasteiger partial charge in [-0.15, -0.1) is 0 Å². The third-order valence-corrected chi connectivity index (χ3v) is 8.06. The molecular formula is C24H27N7O2S2. The zero-order chi connectivity index (χ0) is 24.1. The Kier molecular flexibility index (Phi) is 7.33. The molecule has 0 bridgehead atoms. The van der Waals surface area contributed by atoms with E-state index in [2.05, 4.69) is 30.0 Å². The molecule has 4 heterocycles. The lowest BCUT2D eigenvalue weighted by Crippen LogP contribution is -2.44. The van der Waals surface area contributed by atoms with E-state index in [1.54, 1.807) is 42.8 Å². The van der Waals surface area contributed by atoms with Crippen molar-refractivity contribution >= 4 is 41.4 Å². The highest BCUT2D eigenvalue weighted by Crippen LogP contribution is 2.39. The number of pyridine rings is 1. The van der Waals surface area contributed by atoms with Crippen molar-refractivity contribution in [2.75, 3.05) is 28.2 Å². The standard InChI is InChI=1S/C24H27N7O2S2/c1-2-33-21-15-25-14-18(28-21)16-3-6-20(27-13-16)30-22(32)24(8-11-34-12-9-24)19-7-10-26-23(29-19)31-35-17-4-5-17/h3,6-7,10,13-15,17H,2,4-5,8-9,11-12H2,1H3,(H,26,29,31)(H,27,30,32). The van der Waals surface area contributed by atoms with Crippen LogP contribution in [0.5, 0.6) is 5.88 Å². The number of amides is 1. The van der Waals surface area contributed by atoms with Gasteiger partial charge in [0.05, 0.1) is 35.8 Å². The molecule has 11 heteroatoms. The lowest BCUT2D eigenvalue weighted by molar-refractivity contribution is -0.122.